The van der Waals surface area contributed by atoms with Crippen molar-refractivity contribution >= 4 is 5.91 Å². The molecule has 0 saturated carbocycles. The summed E-state index contributed by atoms with van der Waals surface area (Å²) < 4.78 is 0. The minimum atomic E-state index is -0.742. The third-order valence-corrected chi connectivity index (χ3v) is 9.19. The smallest absolute Gasteiger partial charge is 0.237 e. The second-order valence-electron chi connectivity index (χ2n) is 11.2. The number of phenols is 1. The molecule has 1 fully saturated rings. The van der Waals surface area contributed by atoms with Crippen LogP contribution in [0.15, 0.2) is 78.9 Å². The summed E-state index contributed by atoms with van der Waals surface area (Å²) in [6, 6.07) is 27.0. The van der Waals surface area contributed by atoms with Crippen LogP contribution in [0.2, 0.25) is 0 Å². The van der Waals surface area contributed by atoms with Gasteiger partial charge in [-0.3, -0.25) is 9.69 Å². The molecule has 188 valence electrons. The molecule has 36 heavy (non-hydrogen) atoms. The molecule has 0 radical (unpaired) electrons. The number of amides is 1. The van der Waals surface area contributed by atoms with Crippen molar-refractivity contribution in [2.45, 2.75) is 50.0 Å². The van der Waals surface area contributed by atoms with E-state index >= 15 is 0 Å². The number of aromatic hydroxyl groups is 1. The second-order valence-corrected chi connectivity index (χ2v) is 11.2. The number of carbonyl (C=O) groups is 1. The van der Waals surface area contributed by atoms with Crippen molar-refractivity contribution in [1.29, 1.82) is 0 Å². The van der Waals surface area contributed by atoms with E-state index in [0.717, 1.165) is 43.5 Å². The Kier molecular flexibility index (Phi) is 6.42. The predicted molar refractivity (Wildman–Crippen MR) is 145 cm³/mol. The van der Waals surface area contributed by atoms with Gasteiger partial charge in [-0.1, -0.05) is 80.6 Å². The predicted octanol–water partition coefficient (Wildman–Crippen LogP) is 5.38. The van der Waals surface area contributed by atoms with E-state index in [4.69, 9.17) is 0 Å². The Balaban J connectivity index is 1.51. The molecule has 3 aromatic rings. The maximum Gasteiger partial charge on any atom is 0.237 e. The first-order valence-corrected chi connectivity index (χ1v) is 13.2. The van der Waals surface area contributed by atoms with Crippen molar-refractivity contribution in [1.82, 2.24) is 9.80 Å². The number of carbonyl (C=O) groups excluding carboxylic acids is 1. The summed E-state index contributed by atoms with van der Waals surface area (Å²) in [7, 11) is 3.73. The van der Waals surface area contributed by atoms with Crippen LogP contribution in [0.25, 0.3) is 0 Å². The van der Waals surface area contributed by atoms with E-state index in [0.29, 0.717) is 17.7 Å². The number of rotatable bonds is 6. The van der Waals surface area contributed by atoms with Crippen LogP contribution in [0.3, 0.4) is 0 Å². The quantitative estimate of drug-likeness (QED) is 0.513. The molecule has 4 nitrogen and oxygen atoms in total. The van der Waals surface area contributed by atoms with Gasteiger partial charge in [0.15, 0.2) is 0 Å². The van der Waals surface area contributed by atoms with E-state index in [1.807, 2.05) is 62.6 Å². The maximum atomic E-state index is 14.0. The summed E-state index contributed by atoms with van der Waals surface area (Å²) in [5.41, 5.74) is 4.09. The number of likely N-dealkylation sites (N-methyl/N-ethyl adjacent to an activating group) is 1. The number of hydrogen-bond donors (Lipinski definition) is 1. The lowest BCUT2D eigenvalue weighted by Crippen LogP contribution is -2.59. The highest BCUT2D eigenvalue weighted by molar-refractivity contribution is 5.92. The molecule has 1 unspecified atom stereocenters. The summed E-state index contributed by atoms with van der Waals surface area (Å²) in [6.07, 6.45) is 2.75. The van der Waals surface area contributed by atoms with E-state index < -0.39 is 5.41 Å². The molecule has 1 aliphatic carbocycles. The van der Waals surface area contributed by atoms with Crippen molar-refractivity contribution in [2.24, 2.45) is 5.92 Å². The van der Waals surface area contributed by atoms with E-state index in [-0.39, 0.29) is 11.3 Å². The van der Waals surface area contributed by atoms with Gasteiger partial charge in [-0.25, -0.2) is 0 Å². The van der Waals surface area contributed by atoms with Crippen LogP contribution in [0.5, 0.6) is 5.75 Å². The first-order valence-electron chi connectivity index (χ1n) is 13.2. The Morgan fingerprint density at radius 1 is 1.03 bits per heavy atom. The topological polar surface area (TPSA) is 43.8 Å². The number of fused-ring (bicyclic) bond motifs is 4. The molecular weight excluding hydrogens is 444 g/mol. The minimum Gasteiger partial charge on any atom is -0.508 e. The zero-order valence-corrected chi connectivity index (χ0v) is 21.9. The van der Waals surface area contributed by atoms with Gasteiger partial charge in [-0.2, -0.15) is 0 Å². The number of phenolic OH excluding ortho intramolecular Hbond substituents is 1. The Hall–Kier alpha value is -3.11. The molecule has 2 aliphatic rings. The summed E-state index contributed by atoms with van der Waals surface area (Å²) in [4.78, 5) is 18.4. The van der Waals surface area contributed by atoms with Gasteiger partial charge in [0, 0.05) is 26.7 Å². The van der Waals surface area contributed by atoms with Crippen molar-refractivity contribution in [3.63, 3.8) is 0 Å². The largest absolute Gasteiger partial charge is 0.508 e. The first-order chi connectivity index (χ1) is 17.3. The van der Waals surface area contributed by atoms with Crippen LogP contribution >= 0.6 is 0 Å². The van der Waals surface area contributed by atoms with Crippen molar-refractivity contribution in [3.05, 3.63) is 101 Å². The first kappa shape index (κ1) is 24.6. The van der Waals surface area contributed by atoms with Crippen LogP contribution in [0, 0.1) is 5.92 Å². The van der Waals surface area contributed by atoms with Gasteiger partial charge in [0.05, 0.1) is 0 Å². The van der Waals surface area contributed by atoms with Gasteiger partial charge in [0.2, 0.25) is 5.91 Å². The van der Waals surface area contributed by atoms with E-state index in [1.165, 1.54) is 11.1 Å². The van der Waals surface area contributed by atoms with E-state index in [1.54, 1.807) is 4.90 Å². The lowest BCUT2D eigenvalue weighted by molar-refractivity contribution is -0.134. The van der Waals surface area contributed by atoms with Crippen molar-refractivity contribution in [2.75, 3.05) is 27.2 Å². The zero-order chi connectivity index (χ0) is 25.5. The van der Waals surface area contributed by atoms with Gasteiger partial charge in [-0.05, 0) is 71.5 Å². The number of hydrogen-bond acceptors (Lipinski definition) is 3. The molecular formula is C32H38N2O2. The fourth-order valence-electron chi connectivity index (χ4n) is 6.92. The van der Waals surface area contributed by atoms with Gasteiger partial charge in [0.25, 0.3) is 0 Å². The molecule has 1 heterocycles. The summed E-state index contributed by atoms with van der Waals surface area (Å²) in [5.74, 6) is 0.952. The molecule has 1 saturated heterocycles. The average Bonchev–Trinajstić information content (AvgIpc) is 2.89. The molecule has 3 atom stereocenters. The highest BCUT2D eigenvalue weighted by Gasteiger charge is 2.50. The number of benzene rings is 3. The maximum absolute atomic E-state index is 14.0. The Morgan fingerprint density at radius 2 is 1.64 bits per heavy atom. The lowest BCUT2D eigenvalue weighted by atomic mass is 9.59. The van der Waals surface area contributed by atoms with Gasteiger partial charge in [-0.15, -0.1) is 0 Å². The van der Waals surface area contributed by atoms with Gasteiger partial charge in [0.1, 0.15) is 11.2 Å². The molecule has 5 rings (SSSR count). The molecule has 0 aromatic heterocycles. The molecule has 3 aromatic carbocycles. The van der Waals surface area contributed by atoms with Crippen molar-refractivity contribution < 1.29 is 9.90 Å². The number of nitrogens with zero attached hydrogens (tertiary/aromatic N) is 2. The normalized spacial score (nSPS) is 23.7. The van der Waals surface area contributed by atoms with Crippen LogP contribution in [0.1, 0.15) is 48.9 Å². The highest BCUT2D eigenvalue weighted by Crippen LogP contribution is 2.50. The fourth-order valence-corrected chi connectivity index (χ4v) is 6.92. The summed E-state index contributed by atoms with van der Waals surface area (Å²) in [5, 5.41) is 10.2. The monoisotopic (exact) mass is 482 g/mol. The number of piperidine rings is 1. The van der Waals surface area contributed by atoms with Crippen LogP contribution in [-0.2, 0) is 22.0 Å². The van der Waals surface area contributed by atoms with Crippen molar-refractivity contribution in [3.8, 4) is 5.75 Å². The fraction of sp³-hybridized carbons (Fsp3) is 0.406. The molecule has 1 N–H and O–H groups in total. The Labute approximate surface area is 215 Å². The van der Waals surface area contributed by atoms with Crippen LogP contribution in [-0.4, -0.2) is 54.0 Å². The second kappa shape index (κ2) is 9.40. The third kappa shape index (κ3) is 3.92. The van der Waals surface area contributed by atoms with Crippen LogP contribution in [0.4, 0.5) is 0 Å². The molecule has 1 amide bonds. The zero-order valence-electron chi connectivity index (χ0n) is 21.9. The van der Waals surface area contributed by atoms with E-state index in [9.17, 15) is 9.90 Å². The lowest BCUT2D eigenvalue weighted by Gasteiger charge is -2.55. The van der Waals surface area contributed by atoms with E-state index in [2.05, 4.69) is 49.1 Å². The molecule has 1 aliphatic heterocycles. The SMILES string of the molecule is C[C@@H]1C2Cc3ccc(O)cc3[C@@]1(C)CCN2CCC(C(=O)N(C)C)(c1ccccc1)c1ccccc1. The average molecular weight is 483 g/mol. The molecule has 2 bridgehead atoms. The standard InChI is InChI=1S/C32H38N2O2/c1-23-29-21-24-15-16-27(35)22-28(24)31(23,2)17-19-34(29)20-18-32(30(36)33(3)4,25-11-7-5-8-12-25)26-13-9-6-10-14-26/h5-16,22-23,29,35H,17-21H2,1-4H3/t23-,29?,31+/m1/s1. The van der Waals surface area contributed by atoms with Gasteiger partial charge >= 0.3 is 0 Å². The Morgan fingerprint density at radius 3 is 2.22 bits per heavy atom. The molecule has 0 spiro atoms. The highest BCUT2D eigenvalue weighted by atomic mass is 16.3. The Bertz CT molecular complexity index is 1180. The third-order valence-electron chi connectivity index (χ3n) is 9.19. The molecule has 4 heteroatoms. The minimum absolute atomic E-state index is 0.0584. The van der Waals surface area contributed by atoms with Crippen LogP contribution < -0.4 is 0 Å². The summed E-state index contributed by atoms with van der Waals surface area (Å²) >= 11 is 0. The summed E-state index contributed by atoms with van der Waals surface area (Å²) in [6.45, 7) is 6.59. The number of likely N-dealkylation sites (tertiary alicyclic amines) is 1. The van der Waals surface area contributed by atoms with Gasteiger partial charge < -0.3 is 10.0 Å².